The van der Waals surface area contributed by atoms with E-state index in [1.54, 1.807) is 49.6 Å². The maximum atomic E-state index is 11.9. The first kappa shape index (κ1) is 21.2. The summed E-state index contributed by atoms with van der Waals surface area (Å²) in [5, 5.41) is 7.03. The number of carbonyl (C=O) groups excluding carboxylic acids is 2. The van der Waals surface area contributed by atoms with Gasteiger partial charge in [-0.05, 0) is 48.9 Å². The zero-order chi connectivity index (χ0) is 20.4. The molecule has 0 fully saturated rings. The van der Waals surface area contributed by atoms with Crippen molar-refractivity contribution in [2.24, 2.45) is 5.10 Å². The molecule has 0 unspecified atom stereocenters. The lowest BCUT2D eigenvalue weighted by Crippen LogP contribution is -2.24. The molecule has 2 rings (SSSR count). The Morgan fingerprint density at radius 3 is 2.57 bits per heavy atom. The number of ether oxygens (including phenoxy) is 2. The Balaban J connectivity index is 1.87. The molecule has 2 aromatic carbocycles. The molecule has 0 aliphatic rings. The van der Waals surface area contributed by atoms with Crippen LogP contribution in [0.2, 0.25) is 5.02 Å². The van der Waals surface area contributed by atoms with Gasteiger partial charge in [0.25, 0.3) is 0 Å². The van der Waals surface area contributed by atoms with E-state index in [0.717, 1.165) is 6.42 Å². The number of amides is 2. The number of hydrazone groups is 1. The Hall–Kier alpha value is -3.06. The lowest BCUT2D eigenvalue weighted by atomic mass is 10.2. The Kier molecular flexibility index (Phi) is 8.30. The van der Waals surface area contributed by atoms with Crippen LogP contribution in [0.25, 0.3) is 0 Å². The van der Waals surface area contributed by atoms with Crippen LogP contribution >= 0.6 is 11.6 Å². The van der Waals surface area contributed by atoms with E-state index in [0.29, 0.717) is 34.4 Å². The second-order valence-electron chi connectivity index (χ2n) is 5.78. The highest BCUT2D eigenvalue weighted by Gasteiger charge is 2.09. The monoisotopic (exact) mass is 403 g/mol. The molecule has 0 saturated heterocycles. The molecule has 0 saturated carbocycles. The summed E-state index contributed by atoms with van der Waals surface area (Å²) in [5.41, 5.74) is 3.52. The second-order valence-corrected chi connectivity index (χ2v) is 6.21. The molecule has 0 aliphatic heterocycles. The summed E-state index contributed by atoms with van der Waals surface area (Å²) in [5.74, 6) is 0.294. The quantitative estimate of drug-likeness (QED) is 0.380. The fourth-order valence-electron chi connectivity index (χ4n) is 2.20. The van der Waals surface area contributed by atoms with Gasteiger partial charge in [0.05, 0.1) is 19.9 Å². The van der Waals surface area contributed by atoms with Crippen LogP contribution in [-0.2, 0) is 9.59 Å². The van der Waals surface area contributed by atoms with E-state index in [1.807, 2.05) is 6.92 Å². The van der Waals surface area contributed by atoms with Gasteiger partial charge in [0, 0.05) is 16.3 Å². The van der Waals surface area contributed by atoms with Gasteiger partial charge in [-0.2, -0.15) is 5.10 Å². The van der Waals surface area contributed by atoms with Crippen molar-refractivity contribution in [2.45, 2.75) is 19.8 Å². The summed E-state index contributed by atoms with van der Waals surface area (Å²) >= 11 is 5.99. The number of halogens is 1. The van der Waals surface area contributed by atoms with Crippen LogP contribution in [0.1, 0.15) is 25.3 Å². The number of carbonyl (C=O) groups is 2. The topological polar surface area (TPSA) is 89.0 Å². The van der Waals surface area contributed by atoms with Crippen LogP contribution in [0.3, 0.4) is 0 Å². The Bertz CT molecular complexity index is 838. The predicted molar refractivity (Wildman–Crippen MR) is 109 cm³/mol. The standard InChI is InChI=1S/C20H22ClN3O4/c1-3-10-28-18-9-4-15(21)11-14(18)13-22-24-20(26)12-19(25)23-16-5-7-17(27-2)8-6-16/h4-9,11,13H,3,10,12H2,1-2H3,(H,23,25)(H,24,26). The number of hydrogen-bond acceptors (Lipinski definition) is 5. The molecule has 0 radical (unpaired) electrons. The number of nitrogens with one attached hydrogen (secondary N) is 2. The fraction of sp³-hybridized carbons (Fsp3) is 0.250. The number of methoxy groups -OCH3 is 1. The van der Waals surface area contributed by atoms with Gasteiger partial charge in [0.2, 0.25) is 11.8 Å². The highest BCUT2D eigenvalue weighted by atomic mass is 35.5. The Morgan fingerprint density at radius 2 is 1.89 bits per heavy atom. The van der Waals surface area contributed by atoms with Crippen molar-refractivity contribution >= 4 is 35.3 Å². The molecule has 2 aromatic rings. The number of rotatable bonds is 9. The SMILES string of the molecule is CCCOc1ccc(Cl)cc1C=NNC(=O)CC(=O)Nc1ccc(OC)cc1. The summed E-state index contributed by atoms with van der Waals surface area (Å²) in [6, 6.07) is 11.9. The van der Waals surface area contributed by atoms with E-state index in [4.69, 9.17) is 21.1 Å². The number of anilines is 1. The highest BCUT2D eigenvalue weighted by Crippen LogP contribution is 2.21. The molecule has 0 bridgehead atoms. The van der Waals surface area contributed by atoms with Gasteiger partial charge >= 0.3 is 0 Å². The molecule has 0 atom stereocenters. The van der Waals surface area contributed by atoms with Crippen molar-refractivity contribution in [2.75, 3.05) is 19.0 Å². The highest BCUT2D eigenvalue weighted by molar-refractivity contribution is 6.30. The minimum atomic E-state index is -0.541. The summed E-state index contributed by atoms with van der Waals surface area (Å²) in [6.45, 7) is 2.56. The van der Waals surface area contributed by atoms with Gasteiger partial charge in [-0.3, -0.25) is 9.59 Å². The van der Waals surface area contributed by atoms with Gasteiger partial charge in [0.1, 0.15) is 17.9 Å². The molecule has 2 N–H and O–H groups in total. The molecule has 0 heterocycles. The van der Waals surface area contributed by atoms with E-state index >= 15 is 0 Å². The first-order chi connectivity index (χ1) is 13.5. The van der Waals surface area contributed by atoms with E-state index < -0.39 is 11.8 Å². The largest absolute Gasteiger partial charge is 0.497 e. The van der Waals surface area contributed by atoms with Gasteiger partial charge in [-0.25, -0.2) is 5.43 Å². The van der Waals surface area contributed by atoms with Gasteiger partial charge in [-0.15, -0.1) is 0 Å². The van der Waals surface area contributed by atoms with Crippen LogP contribution in [0, 0.1) is 0 Å². The summed E-state index contributed by atoms with van der Waals surface area (Å²) < 4.78 is 10.7. The van der Waals surface area contributed by atoms with Crippen molar-refractivity contribution in [3.05, 3.63) is 53.1 Å². The van der Waals surface area contributed by atoms with Gasteiger partial charge in [0.15, 0.2) is 0 Å². The minimum absolute atomic E-state index is 0.363. The fourth-order valence-corrected chi connectivity index (χ4v) is 2.38. The van der Waals surface area contributed by atoms with Gasteiger partial charge in [-0.1, -0.05) is 18.5 Å². The van der Waals surface area contributed by atoms with E-state index in [-0.39, 0.29) is 6.42 Å². The van der Waals surface area contributed by atoms with Crippen molar-refractivity contribution in [1.29, 1.82) is 0 Å². The summed E-state index contributed by atoms with van der Waals surface area (Å²) in [7, 11) is 1.56. The maximum Gasteiger partial charge on any atom is 0.249 e. The number of nitrogens with zero attached hydrogens (tertiary/aromatic N) is 1. The van der Waals surface area contributed by atoms with Crippen LogP contribution in [0.4, 0.5) is 5.69 Å². The predicted octanol–water partition coefficient (Wildman–Crippen LogP) is 3.62. The van der Waals surface area contributed by atoms with E-state index in [2.05, 4.69) is 15.8 Å². The molecule has 0 spiro atoms. The zero-order valence-electron chi connectivity index (χ0n) is 15.7. The molecular formula is C20H22ClN3O4. The summed E-state index contributed by atoms with van der Waals surface area (Å²) in [4.78, 5) is 23.8. The molecule has 0 aromatic heterocycles. The Morgan fingerprint density at radius 1 is 1.14 bits per heavy atom. The van der Waals surface area contributed by atoms with E-state index in [1.165, 1.54) is 6.21 Å². The maximum absolute atomic E-state index is 11.9. The van der Waals surface area contributed by atoms with Crippen LogP contribution in [-0.4, -0.2) is 31.7 Å². The molecule has 28 heavy (non-hydrogen) atoms. The lowest BCUT2D eigenvalue weighted by Gasteiger charge is -2.08. The smallest absolute Gasteiger partial charge is 0.249 e. The van der Waals surface area contributed by atoms with Crippen molar-refractivity contribution < 1.29 is 19.1 Å². The molecule has 7 nitrogen and oxygen atoms in total. The van der Waals surface area contributed by atoms with Crippen LogP contribution in [0.15, 0.2) is 47.6 Å². The normalized spacial score (nSPS) is 10.5. The molecular weight excluding hydrogens is 382 g/mol. The number of hydrogen-bond donors (Lipinski definition) is 2. The first-order valence-corrected chi connectivity index (χ1v) is 9.07. The third-order valence-corrected chi connectivity index (χ3v) is 3.76. The molecule has 148 valence electrons. The average molecular weight is 404 g/mol. The minimum Gasteiger partial charge on any atom is -0.497 e. The first-order valence-electron chi connectivity index (χ1n) is 8.70. The summed E-state index contributed by atoms with van der Waals surface area (Å²) in [6.07, 6.45) is 1.92. The van der Waals surface area contributed by atoms with E-state index in [9.17, 15) is 9.59 Å². The molecule has 8 heteroatoms. The lowest BCUT2D eigenvalue weighted by molar-refractivity contribution is -0.126. The average Bonchev–Trinajstić information content (AvgIpc) is 2.68. The van der Waals surface area contributed by atoms with Crippen LogP contribution < -0.4 is 20.2 Å². The zero-order valence-corrected chi connectivity index (χ0v) is 16.5. The second kappa shape index (κ2) is 10.9. The molecule has 0 aliphatic carbocycles. The van der Waals surface area contributed by atoms with Gasteiger partial charge < -0.3 is 14.8 Å². The third-order valence-electron chi connectivity index (χ3n) is 3.52. The third kappa shape index (κ3) is 6.92. The van der Waals surface area contributed by atoms with Crippen molar-refractivity contribution in [3.63, 3.8) is 0 Å². The van der Waals surface area contributed by atoms with Crippen LogP contribution in [0.5, 0.6) is 11.5 Å². The molecule has 2 amide bonds. The number of benzene rings is 2. The van der Waals surface area contributed by atoms with Crippen molar-refractivity contribution in [1.82, 2.24) is 5.43 Å². The van der Waals surface area contributed by atoms with Crippen molar-refractivity contribution in [3.8, 4) is 11.5 Å². The Labute approximate surface area is 168 Å².